The number of rotatable bonds is 4. The summed E-state index contributed by atoms with van der Waals surface area (Å²) in [5, 5.41) is 2.96. The van der Waals surface area contributed by atoms with E-state index in [9.17, 15) is 13.2 Å². The minimum absolute atomic E-state index is 0.0518. The number of carbonyl (C=O) groups is 1. The average Bonchev–Trinajstić information content (AvgIpc) is 2.95. The summed E-state index contributed by atoms with van der Waals surface area (Å²) in [6, 6.07) is 10.3. The highest BCUT2D eigenvalue weighted by molar-refractivity contribution is 7.89. The zero-order valence-corrected chi connectivity index (χ0v) is 16.3. The molecule has 5 nitrogen and oxygen atoms in total. The van der Waals surface area contributed by atoms with Crippen molar-refractivity contribution in [1.29, 1.82) is 0 Å². The van der Waals surface area contributed by atoms with E-state index in [4.69, 9.17) is 23.2 Å². The number of nitrogens with zero attached hydrogens (tertiary/aromatic N) is 1. The largest absolute Gasteiger partial charge is 0.349 e. The Balaban J connectivity index is 1.62. The Morgan fingerprint density at radius 1 is 1.16 bits per heavy atom. The van der Waals surface area contributed by atoms with Crippen LogP contribution in [-0.2, 0) is 10.0 Å². The first-order valence-corrected chi connectivity index (χ1v) is 10.7. The van der Waals surface area contributed by atoms with Crippen molar-refractivity contribution in [3.05, 3.63) is 50.6 Å². The third-order valence-electron chi connectivity index (χ3n) is 4.07. The minimum atomic E-state index is -3.66. The highest BCUT2D eigenvalue weighted by Gasteiger charge is 2.32. The molecular weight excluding hydrogens is 403 g/mol. The Bertz CT molecular complexity index is 861. The maximum Gasteiger partial charge on any atom is 0.251 e. The van der Waals surface area contributed by atoms with Gasteiger partial charge >= 0.3 is 0 Å². The van der Waals surface area contributed by atoms with Crippen LogP contribution in [0.2, 0.25) is 8.67 Å². The van der Waals surface area contributed by atoms with Crippen molar-refractivity contribution >= 4 is 50.5 Å². The molecule has 25 heavy (non-hydrogen) atoms. The van der Waals surface area contributed by atoms with Crippen molar-refractivity contribution in [2.45, 2.75) is 23.8 Å². The summed E-state index contributed by atoms with van der Waals surface area (Å²) in [5.41, 5.74) is 0.595. The van der Waals surface area contributed by atoms with Gasteiger partial charge in [-0.2, -0.15) is 4.31 Å². The zero-order chi connectivity index (χ0) is 18.0. The number of hydrogen-bond donors (Lipinski definition) is 1. The number of nitrogens with one attached hydrogen (secondary N) is 1. The third-order valence-corrected chi connectivity index (χ3v) is 7.72. The zero-order valence-electron chi connectivity index (χ0n) is 13.1. The minimum Gasteiger partial charge on any atom is -0.349 e. The van der Waals surface area contributed by atoms with E-state index in [1.54, 1.807) is 24.3 Å². The van der Waals surface area contributed by atoms with Crippen LogP contribution in [0.1, 0.15) is 23.2 Å². The molecule has 1 aromatic carbocycles. The fraction of sp³-hybridized carbons (Fsp3) is 0.312. The molecule has 0 unspecified atom stereocenters. The number of halogens is 2. The van der Waals surface area contributed by atoms with E-state index in [-0.39, 0.29) is 21.2 Å². The molecule has 1 aliphatic rings. The quantitative estimate of drug-likeness (QED) is 0.823. The van der Waals surface area contributed by atoms with Crippen LogP contribution in [0.4, 0.5) is 0 Å². The van der Waals surface area contributed by atoms with Gasteiger partial charge in [-0.1, -0.05) is 41.4 Å². The molecule has 0 bridgehead atoms. The summed E-state index contributed by atoms with van der Waals surface area (Å²) in [4.78, 5) is 12.2. The molecule has 0 spiro atoms. The van der Waals surface area contributed by atoms with Crippen molar-refractivity contribution in [1.82, 2.24) is 9.62 Å². The lowest BCUT2D eigenvalue weighted by Gasteiger charge is -2.31. The SMILES string of the molecule is O=C(NC1CCN(S(=O)(=O)c2cc(Cl)sc2Cl)CC1)c1ccccc1. The fourth-order valence-electron chi connectivity index (χ4n) is 2.74. The summed E-state index contributed by atoms with van der Waals surface area (Å²) in [7, 11) is -3.66. The molecule has 0 saturated carbocycles. The van der Waals surface area contributed by atoms with Crippen LogP contribution in [0.5, 0.6) is 0 Å². The van der Waals surface area contributed by atoms with E-state index in [0.29, 0.717) is 35.8 Å². The van der Waals surface area contributed by atoms with Crippen LogP contribution < -0.4 is 5.32 Å². The van der Waals surface area contributed by atoms with Crippen LogP contribution >= 0.6 is 34.5 Å². The first-order chi connectivity index (χ1) is 11.9. The van der Waals surface area contributed by atoms with Gasteiger partial charge < -0.3 is 5.32 Å². The van der Waals surface area contributed by atoms with Crippen molar-refractivity contribution in [2.24, 2.45) is 0 Å². The van der Waals surface area contributed by atoms with Gasteiger partial charge in [-0.15, -0.1) is 11.3 Å². The van der Waals surface area contributed by atoms with Crippen molar-refractivity contribution in [3.8, 4) is 0 Å². The second-order valence-corrected chi connectivity index (χ2v) is 9.90. The van der Waals surface area contributed by atoms with Crippen molar-refractivity contribution < 1.29 is 13.2 Å². The first-order valence-electron chi connectivity index (χ1n) is 7.69. The van der Waals surface area contributed by atoms with E-state index in [1.165, 1.54) is 10.4 Å². The molecular formula is C16H16Cl2N2O3S2. The first kappa shape index (κ1) is 18.7. The Kier molecular flexibility index (Phi) is 5.70. The number of thiophene rings is 1. The summed E-state index contributed by atoms with van der Waals surface area (Å²) in [6.07, 6.45) is 1.10. The lowest BCUT2D eigenvalue weighted by molar-refractivity contribution is 0.0924. The van der Waals surface area contributed by atoms with Crippen LogP contribution in [0.3, 0.4) is 0 Å². The van der Waals surface area contributed by atoms with Gasteiger partial charge in [-0.05, 0) is 31.0 Å². The molecule has 0 radical (unpaired) electrons. The van der Waals surface area contributed by atoms with Gasteiger partial charge in [0.1, 0.15) is 9.23 Å². The molecule has 1 fully saturated rings. The van der Waals surface area contributed by atoms with Crippen LogP contribution in [-0.4, -0.2) is 37.8 Å². The summed E-state index contributed by atoms with van der Waals surface area (Å²) >= 11 is 12.9. The Hall–Kier alpha value is -1.12. The number of carbonyl (C=O) groups excluding carboxylic acids is 1. The standard InChI is InChI=1S/C16H16Cl2N2O3S2/c17-14-10-13(15(18)24-14)25(22,23)20-8-6-12(7-9-20)19-16(21)11-4-2-1-3-5-11/h1-5,10,12H,6-9H2,(H,19,21). The molecule has 1 saturated heterocycles. The summed E-state index contributed by atoms with van der Waals surface area (Å²) in [6.45, 7) is 0.651. The van der Waals surface area contributed by atoms with Gasteiger partial charge in [-0.3, -0.25) is 4.79 Å². The second kappa shape index (κ2) is 7.63. The molecule has 2 aromatic rings. The molecule has 9 heteroatoms. The third kappa shape index (κ3) is 4.17. The van der Waals surface area contributed by atoms with Crippen molar-refractivity contribution in [3.63, 3.8) is 0 Å². The normalized spacial score (nSPS) is 16.7. The average molecular weight is 419 g/mol. The van der Waals surface area contributed by atoms with Crippen LogP contribution in [0.25, 0.3) is 0 Å². The van der Waals surface area contributed by atoms with Gasteiger partial charge in [0.05, 0.1) is 4.34 Å². The molecule has 0 atom stereocenters. The molecule has 1 aliphatic heterocycles. The maximum absolute atomic E-state index is 12.7. The van der Waals surface area contributed by atoms with Gasteiger partial charge in [0, 0.05) is 24.7 Å². The van der Waals surface area contributed by atoms with E-state index in [1.807, 2.05) is 6.07 Å². The number of piperidine rings is 1. The molecule has 1 amide bonds. The molecule has 2 heterocycles. The topological polar surface area (TPSA) is 66.5 Å². The molecule has 1 N–H and O–H groups in total. The monoisotopic (exact) mass is 418 g/mol. The van der Waals surface area contributed by atoms with E-state index >= 15 is 0 Å². The lowest BCUT2D eigenvalue weighted by Crippen LogP contribution is -2.46. The maximum atomic E-state index is 12.7. The van der Waals surface area contributed by atoms with Crippen LogP contribution in [0.15, 0.2) is 41.3 Å². The highest BCUT2D eigenvalue weighted by Crippen LogP contribution is 2.36. The van der Waals surface area contributed by atoms with Gasteiger partial charge in [-0.25, -0.2) is 8.42 Å². The summed E-state index contributed by atoms with van der Waals surface area (Å²) < 4.78 is 27.3. The van der Waals surface area contributed by atoms with E-state index in [0.717, 1.165) is 11.3 Å². The number of hydrogen-bond acceptors (Lipinski definition) is 4. The molecule has 1 aromatic heterocycles. The molecule has 0 aliphatic carbocycles. The van der Waals surface area contributed by atoms with Crippen molar-refractivity contribution in [2.75, 3.05) is 13.1 Å². The summed E-state index contributed by atoms with van der Waals surface area (Å²) in [5.74, 6) is -0.144. The van der Waals surface area contributed by atoms with E-state index < -0.39 is 10.0 Å². The predicted octanol–water partition coefficient (Wildman–Crippen LogP) is 3.64. The Labute approximate surface area is 160 Å². The van der Waals surface area contributed by atoms with Gasteiger partial charge in [0.15, 0.2) is 0 Å². The highest BCUT2D eigenvalue weighted by atomic mass is 35.5. The number of benzene rings is 1. The lowest BCUT2D eigenvalue weighted by atomic mass is 10.1. The molecule has 134 valence electrons. The Morgan fingerprint density at radius 2 is 1.80 bits per heavy atom. The fourth-order valence-corrected chi connectivity index (χ4v) is 6.32. The Morgan fingerprint density at radius 3 is 2.36 bits per heavy atom. The molecule has 3 rings (SSSR count). The van der Waals surface area contributed by atoms with E-state index in [2.05, 4.69) is 5.32 Å². The van der Waals surface area contributed by atoms with Gasteiger partial charge in [0.2, 0.25) is 10.0 Å². The smallest absolute Gasteiger partial charge is 0.251 e. The number of amides is 1. The van der Waals surface area contributed by atoms with Crippen LogP contribution in [0, 0.1) is 0 Å². The van der Waals surface area contributed by atoms with Gasteiger partial charge in [0.25, 0.3) is 5.91 Å². The number of sulfonamides is 1. The predicted molar refractivity (Wildman–Crippen MR) is 100 cm³/mol. The second-order valence-electron chi connectivity index (χ2n) is 5.71.